The smallest absolute Gasteiger partial charge is 0.254 e. The molecule has 0 bridgehead atoms. The first-order valence-electron chi connectivity index (χ1n) is 7.07. The maximum absolute atomic E-state index is 11.7. The van der Waals surface area contributed by atoms with Gasteiger partial charge in [0.1, 0.15) is 5.82 Å². The van der Waals surface area contributed by atoms with Gasteiger partial charge in [0.2, 0.25) is 0 Å². The summed E-state index contributed by atoms with van der Waals surface area (Å²) in [5.41, 5.74) is 0.609. The number of likely N-dealkylation sites (N-methyl/N-ethyl adjacent to an activating group) is 1. The van der Waals surface area contributed by atoms with Gasteiger partial charge in [-0.3, -0.25) is 4.79 Å². The number of nitrogens with zero attached hydrogens (tertiary/aromatic N) is 3. The SMILES string of the molecule is CCC(C)N(C)CCNc1ccc(C(=O)N(C)C)cn1. The summed E-state index contributed by atoms with van der Waals surface area (Å²) < 4.78 is 0. The van der Waals surface area contributed by atoms with E-state index in [-0.39, 0.29) is 5.91 Å². The Hall–Kier alpha value is -1.62. The summed E-state index contributed by atoms with van der Waals surface area (Å²) in [5.74, 6) is 0.776. The maximum Gasteiger partial charge on any atom is 0.254 e. The fourth-order valence-electron chi connectivity index (χ4n) is 1.78. The fraction of sp³-hybridized carbons (Fsp3) is 0.600. The Labute approximate surface area is 122 Å². The van der Waals surface area contributed by atoms with Crippen LogP contribution in [-0.2, 0) is 0 Å². The summed E-state index contributed by atoms with van der Waals surface area (Å²) in [6.07, 6.45) is 2.76. The molecule has 5 nitrogen and oxygen atoms in total. The number of carbonyl (C=O) groups is 1. The van der Waals surface area contributed by atoms with Crippen molar-refractivity contribution in [3.8, 4) is 0 Å². The first kappa shape index (κ1) is 16.4. The average Bonchev–Trinajstić information content (AvgIpc) is 2.46. The Bertz CT molecular complexity index is 416. The van der Waals surface area contributed by atoms with Gasteiger partial charge in [0.15, 0.2) is 0 Å². The van der Waals surface area contributed by atoms with Crippen molar-refractivity contribution in [3.05, 3.63) is 23.9 Å². The normalized spacial score (nSPS) is 12.3. The molecule has 0 spiro atoms. The van der Waals surface area contributed by atoms with Gasteiger partial charge in [-0.1, -0.05) is 6.92 Å². The zero-order chi connectivity index (χ0) is 15.1. The minimum Gasteiger partial charge on any atom is -0.369 e. The van der Waals surface area contributed by atoms with Crippen molar-refractivity contribution in [1.82, 2.24) is 14.8 Å². The van der Waals surface area contributed by atoms with E-state index in [0.717, 1.165) is 25.3 Å². The number of rotatable bonds is 7. The van der Waals surface area contributed by atoms with Gasteiger partial charge >= 0.3 is 0 Å². The first-order valence-corrected chi connectivity index (χ1v) is 7.07. The van der Waals surface area contributed by atoms with Crippen LogP contribution in [-0.4, -0.2) is 61.0 Å². The molecule has 0 saturated heterocycles. The van der Waals surface area contributed by atoms with E-state index in [1.165, 1.54) is 0 Å². The van der Waals surface area contributed by atoms with E-state index in [9.17, 15) is 4.79 Å². The van der Waals surface area contributed by atoms with Gasteiger partial charge < -0.3 is 15.1 Å². The molecule has 1 atom stereocenters. The Balaban J connectivity index is 2.44. The molecule has 0 radical (unpaired) electrons. The standard InChI is InChI=1S/C15H26N4O/c1-6-12(2)19(5)10-9-16-14-8-7-13(11-17-14)15(20)18(3)4/h7-8,11-12H,6,9-10H2,1-5H3,(H,16,17). The zero-order valence-corrected chi connectivity index (χ0v) is 13.2. The van der Waals surface area contributed by atoms with Crippen LogP contribution in [0.15, 0.2) is 18.3 Å². The highest BCUT2D eigenvalue weighted by atomic mass is 16.2. The highest BCUT2D eigenvalue weighted by Gasteiger charge is 2.08. The number of hydrogen-bond acceptors (Lipinski definition) is 4. The molecular formula is C15H26N4O. The molecule has 5 heteroatoms. The predicted octanol–water partition coefficient (Wildman–Crippen LogP) is 1.93. The molecule has 0 aromatic carbocycles. The van der Waals surface area contributed by atoms with Gasteiger partial charge in [0.25, 0.3) is 5.91 Å². The topological polar surface area (TPSA) is 48.5 Å². The van der Waals surface area contributed by atoms with Crippen LogP contribution in [0.2, 0.25) is 0 Å². The van der Waals surface area contributed by atoms with Crippen LogP contribution < -0.4 is 5.32 Å². The lowest BCUT2D eigenvalue weighted by atomic mass is 10.2. The highest BCUT2D eigenvalue weighted by Crippen LogP contribution is 2.07. The lowest BCUT2D eigenvalue weighted by Crippen LogP contribution is -2.32. The van der Waals surface area contributed by atoms with Crippen LogP contribution in [0.25, 0.3) is 0 Å². The third kappa shape index (κ3) is 4.81. The van der Waals surface area contributed by atoms with Gasteiger partial charge in [-0.2, -0.15) is 0 Å². The van der Waals surface area contributed by atoms with E-state index in [4.69, 9.17) is 0 Å². The van der Waals surface area contributed by atoms with Gasteiger partial charge in [0, 0.05) is 39.4 Å². The third-order valence-corrected chi connectivity index (χ3v) is 3.53. The van der Waals surface area contributed by atoms with E-state index in [2.05, 4.69) is 36.1 Å². The Morgan fingerprint density at radius 1 is 1.35 bits per heavy atom. The van der Waals surface area contributed by atoms with E-state index < -0.39 is 0 Å². The second kappa shape index (κ2) is 7.85. The van der Waals surface area contributed by atoms with Crippen LogP contribution >= 0.6 is 0 Å². The molecule has 1 heterocycles. The molecule has 1 N–H and O–H groups in total. The summed E-state index contributed by atoms with van der Waals surface area (Å²) in [6.45, 7) is 6.22. The monoisotopic (exact) mass is 278 g/mol. The number of aromatic nitrogens is 1. The number of pyridine rings is 1. The van der Waals surface area contributed by atoms with Crippen molar-refractivity contribution < 1.29 is 4.79 Å². The first-order chi connectivity index (χ1) is 9.45. The average molecular weight is 278 g/mol. The largest absolute Gasteiger partial charge is 0.369 e. The second-order valence-electron chi connectivity index (χ2n) is 5.30. The van der Waals surface area contributed by atoms with Gasteiger partial charge in [-0.05, 0) is 32.5 Å². The number of hydrogen-bond donors (Lipinski definition) is 1. The van der Waals surface area contributed by atoms with Crippen LogP contribution in [0.5, 0.6) is 0 Å². The molecule has 0 aliphatic carbocycles. The summed E-state index contributed by atoms with van der Waals surface area (Å²) in [6, 6.07) is 4.24. The van der Waals surface area contributed by atoms with Crippen molar-refractivity contribution >= 4 is 11.7 Å². The lowest BCUT2D eigenvalue weighted by Gasteiger charge is -2.23. The minimum absolute atomic E-state index is 0.0273. The van der Waals surface area contributed by atoms with E-state index >= 15 is 0 Å². The fourth-order valence-corrected chi connectivity index (χ4v) is 1.78. The Kier molecular flexibility index (Phi) is 6.45. The predicted molar refractivity (Wildman–Crippen MR) is 83.1 cm³/mol. The molecular weight excluding hydrogens is 252 g/mol. The summed E-state index contributed by atoms with van der Waals surface area (Å²) in [5, 5.41) is 3.27. The van der Waals surface area contributed by atoms with Crippen molar-refractivity contribution in [2.45, 2.75) is 26.3 Å². The van der Waals surface area contributed by atoms with Crippen molar-refractivity contribution in [2.24, 2.45) is 0 Å². The number of carbonyl (C=O) groups excluding carboxylic acids is 1. The van der Waals surface area contributed by atoms with Gasteiger partial charge in [-0.25, -0.2) is 4.98 Å². The molecule has 1 rings (SSSR count). The van der Waals surface area contributed by atoms with Crippen molar-refractivity contribution in [2.75, 3.05) is 39.5 Å². The molecule has 0 saturated carbocycles. The van der Waals surface area contributed by atoms with Crippen molar-refractivity contribution in [3.63, 3.8) is 0 Å². The maximum atomic E-state index is 11.7. The van der Waals surface area contributed by atoms with E-state index in [0.29, 0.717) is 11.6 Å². The molecule has 112 valence electrons. The molecule has 1 unspecified atom stereocenters. The van der Waals surface area contributed by atoms with Gasteiger partial charge in [-0.15, -0.1) is 0 Å². The molecule has 0 aliphatic heterocycles. The van der Waals surface area contributed by atoms with Crippen LogP contribution in [0.4, 0.5) is 5.82 Å². The minimum atomic E-state index is -0.0273. The van der Waals surface area contributed by atoms with Gasteiger partial charge in [0.05, 0.1) is 5.56 Å². The van der Waals surface area contributed by atoms with E-state index in [1.54, 1.807) is 31.3 Å². The van der Waals surface area contributed by atoms with Crippen LogP contribution in [0.1, 0.15) is 30.6 Å². The second-order valence-corrected chi connectivity index (χ2v) is 5.30. The molecule has 1 aromatic rings. The lowest BCUT2D eigenvalue weighted by molar-refractivity contribution is 0.0827. The molecule has 0 fully saturated rings. The number of anilines is 1. The summed E-state index contributed by atoms with van der Waals surface area (Å²) in [4.78, 5) is 19.9. The summed E-state index contributed by atoms with van der Waals surface area (Å²) in [7, 11) is 5.60. The highest BCUT2D eigenvalue weighted by molar-refractivity contribution is 5.93. The van der Waals surface area contributed by atoms with E-state index in [1.807, 2.05) is 6.07 Å². The summed E-state index contributed by atoms with van der Waals surface area (Å²) >= 11 is 0. The van der Waals surface area contributed by atoms with Crippen molar-refractivity contribution in [1.29, 1.82) is 0 Å². The molecule has 1 aromatic heterocycles. The third-order valence-electron chi connectivity index (χ3n) is 3.53. The van der Waals surface area contributed by atoms with Crippen LogP contribution in [0.3, 0.4) is 0 Å². The zero-order valence-electron chi connectivity index (χ0n) is 13.2. The molecule has 20 heavy (non-hydrogen) atoms. The number of nitrogens with one attached hydrogen (secondary N) is 1. The quantitative estimate of drug-likeness (QED) is 0.828. The molecule has 0 aliphatic rings. The molecule has 1 amide bonds. The Morgan fingerprint density at radius 2 is 2.05 bits per heavy atom. The Morgan fingerprint density at radius 3 is 2.55 bits per heavy atom. The number of amides is 1. The van der Waals surface area contributed by atoms with Crippen LogP contribution in [0, 0.1) is 0 Å².